The Morgan fingerprint density at radius 1 is 0.320 bits per heavy atom. The van der Waals surface area contributed by atoms with E-state index in [1.807, 2.05) is 4.57 Å². The molecule has 6 aromatic rings. The summed E-state index contributed by atoms with van der Waals surface area (Å²) in [6.07, 6.45) is 101. The standard InChI is InChI=1S/C43H76N7O2P.C25H43N6O3P.C18H35N.C8H12N5O4P/c1-3-5-7-9-11-13-15-17-19-21-23-25-27-29-31-33-35-49-53(51,40-52-37-36-50-39-47-41-42(44)45-38-46-43(41)50)48-34-32-30-28-26-24-22-20-18-16-14-12-10-8-6-4-2;1-2-3-4-5-6-7-8-9-10-11-12-13-14-15-16-17-30-35(32,33)22-34-19-18-31-21-29-23-24(26)27-20-28-25(23)31;1-2-3-4-5-6-7-8-9-10-11-12-13-14-15-16-17-18-19;9-7-6-8(11-3-10-7)13(4-12-6)1-2-17-5-18(14,15)16/h10-13,16-19,38-39H,3-9,14-15,20-37,40H2,1-2H3,(H2,44,45,46)(H2,48,49,51);5-6,8-9,20-21H,2-4,7,10-19,22H2,1H3,(H2,26,27,28)(H2,30,32,33);6-7,9-10H,2-5,8,11-19H2,1H3;3-4H,1-2,5H2,(H2,9,10,11)(H2,14,15,16)/b12-10-,13-11-,18-16-,19-17-;6-5-,9-8-;7-6-,10-9-;. The highest BCUT2D eigenvalue weighted by atomic mass is 31.2. The van der Waals surface area contributed by atoms with Gasteiger partial charge in [0.15, 0.2) is 34.4 Å². The molecule has 6 aromatic heterocycles. The minimum Gasteiger partial charge on any atom is -0.382 e. The normalized spacial score (nSPS) is 13.2. The van der Waals surface area contributed by atoms with Crippen molar-refractivity contribution in [2.24, 2.45) is 5.73 Å². The van der Waals surface area contributed by atoms with Crippen molar-refractivity contribution in [1.29, 1.82) is 0 Å². The van der Waals surface area contributed by atoms with E-state index in [-0.39, 0.29) is 31.7 Å². The number of unbranched alkanes of at least 4 members (excludes halogenated alkanes) is 34. The maximum Gasteiger partial charge on any atom is 0.350 e. The Morgan fingerprint density at radius 2 is 0.584 bits per heavy atom. The van der Waals surface area contributed by atoms with E-state index in [0.717, 1.165) is 96.7 Å². The second-order valence-corrected chi connectivity index (χ2v) is 37.9. The zero-order valence-corrected chi connectivity index (χ0v) is 79.9. The summed E-state index contributed by atoms with van der Waals surface area (Å²) in [4.78, 5) is 64.1. The monoisotopic (exact) mass is 1800 g/mol. The van der Waals surface area contributed by atoms with Crippen molar-refractivity contribution >= 4 is 73.5 Å². The zero-order chi connectivity index (χ0) is 90.3. The summed E-state index contributed by atoms with van der Waals surface area (Å²) in [5.74, 6) is 0.980. The minimum absolute atomic E-state index is 0.139. The number of rotatable bonds is 75. The molecule has 2 unspecified atom stereocenters. The molecule has 0 spiro atoms. The van der Waals surface area contributed by atoms with Gasteiger partial charge in [-0.1, -0.05) is 279 Å². The van der Waals surface area contributed by atoms with Crippen LogP contribution in [0.15, 0.2) is 135 Å². The maximum atomic E-state index is 13.9. The number of nitrogen functional groups attached to an aromatic ring is 3. The molecule has 0 aliphatic heterocycles. The Labute approximate surface area is 751 Å². The van der Waals surface area contributed by atoms with Crippen LogP contribution < -0.4 is 38.2 Å². The first-order chi connectivity index (χ1) is 61.0. The SMILES string of the molecule is CCCC/C=C\C/C=C\CCCCCCCCNP(=O)(COCCn1cnc2c(N)ncnc21)NCCCCCCCC/C=C\C/C=C\CCCCC.CCCC/C=C\C/C=C\CCCCCCCCNP(=O)(O)COCCn1cnc2c(N)ncnc21.CCCCC/C=C\C/C=C\CCCCCCCCN.Nc1ncnc2c1ncn2CCOCP(=O)(O)O. The molecule has 14 N–H and O–H groups in total. The van der Waals surface area contributed by atoms with Gasteiger partial charge in [0.05, 0.1) is 38.8 Å². The number of anilines is 3. The Morgan fingerprint density at radius 3 is 0.888 bits per heavy atom. The Kier molecular flexibility index (Phi) is 69.5. The predicted molar refractivity (Wildman–Crippen MR) is 522 cm³/mol. The van der Waals surface area contributed by atoms with Crippen LogP contribution in [0.2, 0.25) is 0 Å². The maximum absolute atomic E-state index is 13.9. The van der Waals surface area contributed by atoms with Gasteiger partial charge in [-0.05, 0) is 148 Å². The van der Waals surface area contributed by atoms with Gasteiger partial charge < -0.3 is 65.5 Å². The van der Waals surface area contributed by atoms with Crippen LogP contribution in [0.4, 0.5) is 17.5 Å². The number of allylic oxidation sites excluding steroid dienone is 16. The van der Waals surface area contributed by atoms with E-state index in [4.69, 9.17) is 46.9 Å². The molecule has 125 heavy (non-hydrogen) atoms. The molecule has 6 heterocycles. The molecule has 31 heteroatoms. The molecule has 0 fully saturated rings. The molecule has 6 rings (SSSR count). The van der Waals surface area contributed by atoms with Crippen LogP contribution in [0, 0.1) is 0 Å². The lowest BCUT2D eigenvalue weighted by Gasteiger charge is -2.21. The van der Waals surface area contributed by atoms with Crippen LogP contribution in [-0.2, 0) is 47.5 Å². The first-order valence-electron chi connectivity index (χ1n) is 47.6. The van der Waals surface area contributed by atoms with E-state index >= 15 is 0 Å². The number of fused-ring (bicyclic) bond motifs is 3. The number of nitrogens with zero attached hydrogens (tertiary/aromatic N) is 12. The number of nitrogens with one attached hydrogen (secondary N) is 3. The molecular weight excluding hydrogens is 1630 g/mol. The molecule has 0 aromatic carbocycles. The van der Waals surface area contributed by atoms with Crippen molar-refractivity contribution in [3.8, 4) is 0 Å². The number of aromatic nitrogens is 12. The lowest BCUT2D eigenvalue weighted by molar-refractivity contribution is 0.149. The lowest BCUT2D eigenvalue weighted by atomic mass is 10.1. The summed E-state index contributed by atoms with van der Waals surface area (Å²) in [7, 11) is -10.5. The average molecular weight is 1800 g/mol. The fourth-order valence-corrected chi connectivity index (χ4v) is 16.4. The molecule has 0 bridgehead atoms. The van der Waals surface area contributed by atoms with Gasteiger partial charge in [0, 0.05) is 39.3 Å². The molecule has 0 amide bonds. The van der Waals surface area contributed by atoms with E-state index in [9.17, 15) is 18.6 Å². The molecular formula is C94H166N19O9P3. The highest BCUT2D eigenvalue weighted by Gasteiger charge is 2.22. The summed E-state index contributed by atoms with van der Waals surface area (Å²) in [5.41, 5.74) is 26.3. The second-order valence-electron chi connectivity index (χ2n) is 32.0. The van der Waals surface area contributed by atoms with Gasteiger partial charge in [-0.3, -0.25) is 23.9 Å². The summed E-state index contributed by atoms with van der Waals surface area (Å²) in [5, 5.41) is 9.48. The summed E-state index contributed by atoms with van der Waals surface area (Å²) < 4.78 is 58.3. The predicted octanol–water partition coefficient (Wildman–Crippen LogP) is 22.9. The molecule has 0 aliphatic carbocycles. The third-order valence-corrected chi connectivity index (χ3v) is 24.4. The quantitative estimate of drug-likeness (QED) is 0.00963. The Hall–Kier alpha value is -6.74. The van der Waals surface area contributed by atoms with Crippen LogP contribution in [0.3, 0.4) is 0 Å². The van der Waals surface area contributed by atoms with Crippen molar-refractivity contribution in [3.63, 3.8) is 0 Å². The minimum atomic E-state index is -4.12. The Balaban J connectivity index is 0.000000475. The van der Waals surface area contributed by atoms with Crippen LogP contribution >= 0.6 is 22.6 Å². The molecule has 0 radical (unpaired) electrons. The van der Waals surface area contributed by atoms with Crippen molar-refractivity contribution < 1.29 is 42.6 Å². The number of nitrogens with two attached hydrogens (primary N) is 4. The summed E-state index contributed by atoms with van der Waals surface area (Å²) >= 11 is 0. The van der Waals surface area contributed by atoms with Crippen molar-refractivity contribution in [3.05, 3.63) is 135 Å². The third kappa shape index (κ3) is 60.7. The highest BCUT2D eigenvalue weighted by molar-refractivity contribution is 7.59. The highest BCUT2D eigenvalue weighted by Crippen LogP contribution is 2.37. The van der Waals surface area contributed by atoms with Gasteiger partial charge in [0.1, 0.15) is 54.6 Å². The third-order valence-electron chi connectivity index (χ3n) is 20.6. The fourth-order valence-electron chi connectivity index (χ4n) is 13.3. The van der Waals surface area contributed by atoms with E-state index in [2.05, 4.69) is 185 Å². The molecule has 2 atom stereocenters. The van der Waals surface area contributed by atoms with Crippen LogP contribution in [0.5, 0.6) is 0 Å². The number of imidazole rings is 3. The van der Waals surface area contributed by atoms with Gasteiger partial charge in [-0.15, -0.1) is 0 Å². The number of ether oxygens (including phenoxy) is 3. The smallest absolute Gasteiger partial charge is 0.350 e. The number of hydrogen-bond donors (Lipinski definition) is 10. The van der Waals surface area contributed by atoms with E-state index < -0.39 is 28.9 Å². The van der Waals surface area contributed by atoms with Gasteiger partial charge in [0.25, 0.3) is 7.52 Å². The van der Waals surface area contributed by atoms with Crippen molar-refractivity contribution in [1.82, 2.24) is 73.8 Å². The molecule has 0 saturated carbocycles. The Bertz CT molecular complexity index is 4010. The molecule has 28 nitrogen and oxygen atoms in total. The zero-order valence-electron chi connectivity index (χ0n) is 77.2. The average Bonchev–Trinajstić information content (AvgIpc) is 1.69. The second kappa shape index (κ2) is 77.2. The van der Waals surface area contributed by atoms with E-state index in [0.29, 0.717) is 77.9 Å². The summed E-state index contributed by atoms with van der Waals surface area (Å²) in [6, 6.07) is 0. The van der Waals surface area contributed by atoms with Crippen molar-refractivity contribution in [2.75, 3.05) is 82.2 Å². The lowest BCUT2D eigenvalue weighted by Crippen LogP contribution is -2.27. The van der Waals surface area contributed by atoms with Gasteiger partial charge in [0.2, 0.25) is 7.44 Å². The van der Waals surface area contributed by atoms with Crippen LogP contribution in [0.1, 0.15) is 323 Å². The first kappa shape index (κ1) is 112. The topological polar surface area (TPSA) is 411 Å². The van der Waals surface area contributed by atoms with E-state index in [1.165, 1.54) is 244 Å². The van der Waals surface area contributed by atoms with Gasteiger partial charge >= 0.3 is 7.60 Å². The van der Waals surface area contributed by atoms with E-state index in [1.54, 1.807) is 21.8 Å². The van der Waals surface area contributed by atoms with Crippen molar-refractivity contribution in [2.45, 2.75) is 343 Å². The number of hydrogen-bond acceptors (Lipinski definition) is 19. The molecule has 0 saturated heterocycles. The molecule has 0 aliphatic rings. The molecule has 706 valence electrons. The van der Waals surface area contributed by atoms with Crippen LogP contribution in [0.25, 0.3) is 33.5 Å². The fraction of sp³-hybridized carbons (Fsp3) is 0.670. The van der Waals surface area contributed by atoms with Crippen LogP contribution in [-0.4, -0.2) is 138 Å². The first-order valence-corrected chi connectivity index (χ1v) is 53.1. The largest absolute Gasteiger partial charge is 0.382 e. The van der Waals surface area contributed by atoms with Gasteiger partial charge in [-0.2, -0.15) is 0 Å². The van der Waals surface area contributed by atoms with Gasteiger partial charge in [-0.25, -0.2) is 49.9 Å². The summed E-state index contributed by atoms with van der Waals surface area (Å²) in [6.45, 7) is 14.0.